The highest BCUT2D eigenvalue weighted by Gasteiger charge is 2.40. The summed E-state index contributed by atoms with van der Waals surface area (Å²) in [6.45, 7) is 1.85. The summed E-state index contributed by atoms with van der Waals surface area (Å²) in [4.78, 5) is 4.91. The van der Waals surface area contributed by atoms with Crippen molar-refractivity contribution in [1.82, 2.24) is 5.32 Å². The number of rotatable bonds is 1. The first-order valence-corrected chi connectivity index (χ1v) is 6.52. The minimum Gasteiger partial charge on any atom is -0.486 e. The number of hydrogen-bond donors (Lipinski definition) is 1. The molecule has 102 valence electrons. The van der Waals surface area contributed by atoms with Crippen LogP contribution in [-0.2, 0) is 4.84 Å². The summed E-state index contributed by atoms with van der Waals surface area (Å²) < 4.78 is 19.5. The quantitative estimate of drug-likeness (QED) is 0.790. The molecule has 4 nitrogen and oxygen atoms in total. The van der Waals surface area contributed by atoms with Crippen LogP contribution in [0.5, 0.6) is 5.75 Å². The van der Waals surface area contributed by atoms with Gasteiger partial charge in [-0.15, -0.1) is 0 Å². The van der Waals surface area contributed by atoms with Gasteiger partial charge in [-0.25, -0.2) is 4.39 Å². The van der Waals surface area contributed by atoms with Gasteiger partial charge < -0.3 is 14.9 Å². The van der Waals surface area contributed by atoms with Crippen molar-refractivity contribution in [3.8, 4) is 5.75 Å². The summed E-state index contributed by atoms with van der Waals surface area (Å²) in [5.74, 6) is 0.415. The van der Waals surface area contributed by atoms with Crippen LogP contribution in [0.25, 0.3) is 0 Å². The van der Waals surface area contributed by atoms with Crippen molar-refractivity contribution in [3.05, 3.63) is 29.6 Å². The number of benzene rings is 1. The molecule has 0 aliphatic carbocycles. The lowest BCUT2D eigenvalue weighted by Crippen LogP contribution is -2.49. The van der Waals surface area contributed by atoms with Crippen molar-refractivity contribution in [2.75, 3.05) is 20.2 Å². The Kier molecular flexibility index (Phi) is 3.14. The van der Waals surface area contributed by atoms with Crippen LogP contribution in [-0.4, -0.2) is 31.5 Å². The van der Waals surface area contributed by atoms with Crippen molar-refractivity contribution in [1.29, 1.82) is 0 Å². The molecule has 1 aromatic carbocycles. The van der Waals surface area contributed by atoms with Gasteiger partial charge in [0.15, 0.2) is 0 Å². The van der Waals surface area contributed by atoms with E-state index in [0.29, 0.717) is 17.7 Å². The van der Waals surface area contributed by atoms with Gasteiger partial charge in [0.25, 0.3) is 0 Å². The molecule has 1 saturated heterocycles. The lowest BCUT2D eigenvalue weighted by atomic mass is 9.82. The summed E-state index contributed by atoms with van der Waals surface area (Å²) in [5.41, 5.74) is 1.24. The van der Waals surface area contributed by atoms with Crippen LogP contribution in [0.1, 0.15) is 24.8 Å². The average Bonchev–Trinajstić information content (AvgIpc) is 2.41. The highest BCUT2D eigenvalue weighted by atomic mass is 19.1. The van der Waals surface area contributed by atoms with Gasteiger partial charge in [0, 0.05) is 24.8 Å². The minimum atomic E-state index is -0.285. The van der Waals surface area contributed by atoms with E-state index in [1.54, 1.807) is 6.07 Å². The maximum Gasteiger partial charge on any atom is 0.129 e. The Labute approximate surface area is 111 Å². The van der Waals surface area contributed by atoms with Gasteiger partial charge >= 0.3 is 0 Å². The predicted octanol–water partition coefficient (Wildman–Crippen LogP) is 2.08. The van der Waals surface area contributed by atoms with E-state index in [-0.39, 0.29) is 11.4 Å². The Bertz CT molecular complexity index is 510. The van der Waals surface area contributed by atoms with Crippen LogP contribution in [0.3, 0.4) is 0 Å². The second-order valence-corrected chi connectivity index (χ2v) is 5.07. The average molecular weight is 264 g/mol. The number of hydrogen-bond acceptors (Lipinski definition) is 4. The van der Waals surface area contributed by atoms with E-state index >= 15 is 0 Å². The van der Waals surface area contributed by atoms with Crippen molar-refractivity contribution >= 4 is 5.71 Å². The number of halogens is 1. The molecule has 1 spiro atoms. The van der Waals surface area contributed by atoms with Gasteiger partial charge in [-0.2, -0.15) is 0 Å². The topological polar surface area (TPSA) is 42.8 Å². The molecule has 0 atom stereocenters. The predicted molar refractivity (Wildman–Crippen MR) is 70.0 cm³/mol. The largest absolute Gasteiger partial charge is 0.486 e. The van der Waals surface area contributed by atoms with Crippen LogP contribution in [0.15, 0.2) is 23.4 Å². The molecule has 0 saturated carbocycles. The van der Waals surface area contributed by atoms with Crippen molar-refractivity contribution in [2.45, 2.75) is 24.9 Å². The Morgan fingerprint density at radius 3 is 2.89 bits per heavy atom. The molecule has 0 radical (unpaired) electrons. The SMILES string of the molecule is CON=C1CC2(CCNCC2)Oc2ccc(F)cc21. The van der Waals surface area contributed by atoms with Crippen LogP contribution < -0.4 is 10.1 Å². The lowest BCUT2D eigenvalue weighted by molar-refractivity contribution is 0.0373. The van der Waals surface area contributed by atoms with E-state index in [1.165, 1.54) is 19.2 Å². The molecular weight excluding hydrogens is 247 g/mol. The number of nitrogens with zero attached hydrogens (tertiary/aromatic N) is 1. The number of fused-ring (bicyclic) bond motifs is 1. The van der Waals surface area contributed by atoms with Gasteiger partial charge in [0.05, 0.1) is 5.71 Å². The molecule has 0 amide bonds. The normalized spacial score (nSPS) is 22.9. The molecule has 1 fully saturated rings. The van der Waals surface area contributed by atoms with Crippen LogP contribution >= 0.6 is 0 Å². The second-order valence-electron chi connectivity index (χ2n) is 5.07. The molecule has 1 N–H and O–H groups in total. The third kappa shape index (κ3) is 2.30. The van der Waals surface area contributed by atoms with E-state index < -0.39 is 0 Å². The highest BCUT2D eigenvalue weighted by Crippen LogP contribution is 2.38. The molecule has 2 heterocycles. The zero-order chi connectivity index (χ0) is 13.3. The summed E-state index contributed by atoms with van der Waals surface area (Å²) in [6, 6.07) is 4.56. The third-order valence-electron chi connectivity index (χ3n) is 3.78. The Morgan fingerprint density at radius 2 is 2.16 bits per heavy atom. The fraction of sp³-hybridized carbons (Fsp3) is 0.500. The van der Waals surface area contributed by atoms with Gasteiger partial charge in [-0.3, -0.25) is 0 Å². The number of ether oxygens (including phenoxy) is 1. The number of oxime groups is 1. The molecular formula is C14H17FN2O2. The molecule has 0 bridgehead atoms. The van der Waals surface area contributed by atoms with E-state index in [1.807, 2.05) is 0 Å². The standard InChI is InChI=1S/C14H17FN2O2/c1-18-17-12-9-14(4-6-16-7-5-14)19-13-3-2-10(15)8-11(12)13/h2-3,8,16H,4-7,9H2,1H3. The van der Waals surface area contributed by atoms with Gasteiger partial charge in [-0.05, 0) is 31.3 Å². The first-order chi connectivity index (χ1) is 9.22. The monoisotopic (exact) mass is 264 g/mol. The maximum absolute atomic E-state index is 13.4. The van der Waals surface area contributed by atoms with Gasteiger partial charge in [-0.1, -0.05) is 5.16 Å². The summed E-state index contributed by atoms with van der Waals surface area (Å²) in [7, 11) is 1.51. The number of piperidine rings is 1. The summed E-state index contributed by atoms with van der Waals surface area (Å²) >= 11 is 0. The van der Waals surface area contributed by atoms with Crippen molar-refractivity contribution in [2.24, 2.45) is 5.16 Å². The zero-order valence-corrected chi connectivity index (χ0v) is 10.9. The molecule has 2 aliphatic rings. The smallest absolute Gasteiger partial charge is 0.129 e. The zero-order valence-electron chi connectivity index (χ0n) is 10.9. The molecule has 0 unspecified atom stereocenters. The first-order valence-electron chi connectivity index (χ1n) is 6.52. The fourth-order valence-corrected chi connectivity index (χ4v) is 2.84. The molecule has 19 heavy (non-hydrogen) atoms. The Morgan fingerprint density at radius 1 is 1.37 bits per heavy atom. The van der Waals surface area contributed by atoms with Crippen LogP contribution in [0.4, 0.5) is 4.39 Å². The van der Waals surface area contributed by atoms with E-state index in [0.717, 1.165) is 31.6 Å². The Hall–Kier alpha value is -1.62. The van der Waals surface area contributed by atoms with Crippen molar-refractivity contribution < 1.29 is 14.0 Å². The first kappa shape index (κ1) is 12.4. The fourth-order valence-electron chi connectivity index (χ4n) is 2.84. The molecule has 2 aliphatic heterocycles. The maximum atomic E-state index is 13.4. The molecule has 1 aromatic rings. The highest BCUT2D eigenvalue weighted by molar-refractivity contribution is 6.04. The Balaban J connectivity index is 2.01. The van der Waals surface area contributed by atoms with Crippen molar-refractivity contribution in [3.63, 3.8) is 0 Å². The van der Waals surface area contributed by atoms with E-state index in [2.05, 4.69) is 10.5 Å². The summed E-state index contributed by atoms with van der Waals surface area (Å²) in [6.07, 6.45) is 2.51. The molecule has 0 aromatic heterocycles. The third-order valence-corrected chi connectivity index (χ3v) is 3.78. The molecule has 5 heteroatoms. The van der Waals surface area contributed by atoms with E-state index in [9.17, 15) is 4.39 Å². The summed E-state index contributed by atoms with van der Waals surface area (Å²) in [5, 5.41) is 7.39. The minimum absolute atomic E-state index is 0.229. The van der Waals surface area contributed by atoms with Gasteiger partial charge in [0.1, 0.15) is 24.3 Å². The van der Waals surface area contributed by atoms with Crippen LogP contribution in [0, 0.1) is 5.82 Å². The lowest BCUT2D eigenvalue weighted by Gasteiger charge is -2.41. The van der Waals surface area contributed by atoms with Gasteiger partial charge in [0.2, 0.25) is 0 Å². The van der Waals surface area contributed by atoms with E-state index in [4.69, 9.17) is 9.57 Å². The second kappa shape index (κ2) is 4.81. The molecule has 3 rings (SSSR count). The van der Waals surface area contributed by atoms with Crippen LogP contribution in [0.2, 0.25) is 0 Å². The number of nitrogens with one attached hydrogen (secondary N) is 1.